The third kappa shape index (κ3) is 4.17. The molecule has 2 N–H and O–H groups in total. The van der Waals surface area contributed by atoms with E-state index in [2.05, 4.69) is 4.98 Å². The molecular weight excluding hydrogens is 390 g/mol. The summed E-state index contributed by atoms with van der Waals surface area (Å²) in [6.45, 7) is 4.43. The molecule has 1 aliphatic heterocycles. The number of aliphatic hydroxyl groups is 1. The summed E-state index contributed by atoms with van der Waals surface area (Å²) >= 11 is 1.44. The molecule has 6 nitrogen and oxygen atoms in total. The maximum atomic E-state index is 11.5. The van der Waals surface area contributed by atoms with Crippen LogP contribution in [-0.4, -0.2) is 40.0 Å². The van der Waals surface area contributed by atoms with Crippen LogP contribution < -0.4 is 4.74 Å². The van der Waals surface area contributed by atoms with Crippen molar-refractivity contribution in [2.75, 3.05) is 6.61 Å². The zero-order valence-corrected chi connectivity index (χ0v) is 17.5. The molecule has 2 fully saturated rings. The van der Waals surface area contributed by atoms with Crippen molar-refractivity contribution in [3.05, 3.63) is 45.9 Å². The van der Waals surface area contributed by atoms with Crippen molar-refractivity contribution in [2.24, 2.45) is 11.8 Å². The fourth-order valence-electron chi connectivity index (χ4n) is 4.48. The van der Waals surface area contributed by atoms with E-state index in [0.29, 0.717) is 13.0 Å². The summed E-state index contributed by atoms with van der Waals surface area (Å²) < 4.78 is 12.2. The van der Waals surface area contributed by atoms with Gasteiger partial charge in [-0.3, -0.25) is 0 Å². The first-order valence-electron chi connectivity index (χ1n) is 10.2. The first-order valence-corrected chi connectivity index (χ1v) is 11.0. The van der Waals surface area contributed by atoms with E-state index in [1.807, 2.05) is 44.2 Å². The lowest BCUT2D eigenvalue weighted by Gasteiger charge is -2.33. The topological polar surface area (TPSA) is 88.9 Å². The number of carbonyl (C=O) groups is 1. The molecule has 7 heteroatoms. The first-order chi connectivity index (χ1) is 13.9. The normalized spacial score (nSPS) is 29.0. The summed E-state index contributed by atoms with van der Waals surface area (Å²) in [5.41, 5.74) is 0.145. The van der Waals surface area contributed by atoms with E-state index in [-0.39, 0.29) is 35.7 Å². The minimum Gasteiger partial charge on any atom is -0.493 e. The maximum Gasteiger partial charge on any atom is 0.355 e. The molecule has 29 heavy (non-hydrogen) atoms. The predicted octanol–water partition coefficient (Wildman–Crippen LogP) is 4.26. The van der Waals surface area contributed by atoms with Crippen LogP contribution in [0.4, 0.5) is 0 Å². The fourth-order valence-corrected chi connectivity index (χ4v) is 5.62. The van der Waals surface area contributed by atoms with Gasteiger partial charge in [0.05, 0.1) is 18.8 Å². The lowest BCUT2D eigenvalue weighted by molar-refractivity contribution is -0.0811. The Kier molecular flexibility index (Phi) is 5.90. The van der Waals surface area contributed by atoms with Gasteiger partial charge in [0.15, 0.2) is 5.69 Å². The molecule has 2 aliphatic rings. The lowest BCUT2D eigenvalue weighted by Crippen LogP contribution is -2.33. The number of benzene rings is 1. The number of carboxylic acids is 1. The van der Waals surface area contributed by atoms with Crippen molar-refractivity contribution in [2.45, 2.75) is 57.3 Å². The second kappa shape index (κ2) is 8.42. The molecule has 2 heterocycles. The van der Waals surface area contributed by atoms with Gasteiger partial charge in [-0.25, -0.2) is 9.78 Å². The zero-order valence-electron chi connectivity index (χ0n) is 16.7. The van der Waals surface area contributed by atoms with Crippen molar-refractivity contribution in [1.29, 1.82) is 0 Å². The second-order valence-electron chi connectivity index (χ2n) is 8.22. The number of rotatable bonds is 6. The molecule has 1 saturated carbocycles. The molecule has 1 aromatic carbocycles. The molecule has 5 atom stereocenters. The van der Waals surface area contributed by atoms with Crippen LogP contribution in [0.1, 0.15) is 65.5 Å². The summed E-state index contributed by atoms with van der Waals surface area (Å²) in [7, 11) is 0. The summed E-state index contributed by atoms with van der Waals surface area (Å²) in [6.07, 6.45) is 1.57. The third-order valence-corrected chi connectivity index (χ3v) is 7.40. The van der Waals surface area contributed by atoms with Crippen molar-refractivity contribution < 1.29 is 24.5 Å². The average Bonchev–Trinajstić information content (AvgIpc) is 3.28. The third-order valence-electron chi connectivity index (χ3n) is 5.95. The highest BCUT2D eigenvalue weighted by Gasteiger charge is 2.47. The quantitative estimate of drug-likeness (QED) is 0.730. The Morgan fingerprint density at radius 1 is 1.31 bits per heavy atom. The lowest BCUT2D eigenvalue weighted by atomic mass is 9.87. The van der Waals surface area contributed by atoms with Crippen LogP contribution in [0, 0.1) is 11.8 Å². The van der Waals surface area contributed by atoms with Crippen LogP contribution in [0.5, 0.6) is 5.75 Å². The van der Waals surface area contributed by atoms with Crippen molar-refractivity contribution in [3.8, 4) is 5.75 Å². The monoisotopic (exact) mass is 417 g/mol. The van der Waals surface area contributed by atoms with Crippen molar-refractivity contribution >= 4 is 17.3 Å². The molecule has 0 spiro atoms. The van der Waals surface area contributed by atoms with Gasteiger partial charge in [0.2, 0.25) is 0 Å². The molecule has 0 amide bonds. The van der Waals surface area contributed by atoms with Gasteiger partial charge in [0, 0.05) is 17.2 Å². The van der Waals surface area contributed by atoms with E-state index in [4.69, 9.17) is 9.47 Å². The minimum atomic E-state index is -0.987. The summed E-state index contributed by atoms with van der Waals surface area (Å²) in [5.74, 6) is 0.213. The van der Waals surface area contributed by atoms with Gasteiger partial charge in [-0.1, -0.05) is 32.0 Å². The molecule has 1 aromatic heterocycles. The van der Waals surface area contributed by atoms with E-state index in [1.54, 1.807) is 0 Å². The smallest absolute Gasteiger partial charge is 0.355 e. The van der Waals surface area contributed by atoms with Gasteiger partial charge in [0.1, 0.15) is 16.9 Å². The summed E-state index contributed by atoms with van der Waals surface area (Å²) in [5, 5.41) is 20.8. The largest absolute Gasteiger partial charge is 0.493 e. The van der Waals surface area contributed by atoms with Crippen LogP contribution in [0.15, 0.2) is 30.3 Å². The zero-order chi connectivity index (χ0) is 20.5. The predicted molar refractivity (Wildman–Crippen MR) is 110 cm³/mol. The number of ether oxygens (including phenoxy) is 2. The van der Waals surface area contributed by atoms with E-state index in [9.17, 15) is 15.0 Å². The number of carboxylic acid groups (broad SMARTS) is 1. The van der Waals surface area contributed by atoms with Gasteiger partial charge in [0.25, 0.3) is 0 Å². The minimum absolute atomic E-state index is 0.0401. The van der Waals surface area contributed by atoms with E-state index in [1.165, 1.54) is 11.3 Å². The van der Waals surface area contributed by atoms with Gasteiger partial charge >= 0.3 is 5.97 Å². The van der Waals surface area contributed by atoms with Gasteiger partial charge in [-0.15, -0.1) is 11.3 Å². The van der Waals surface area contributed by atoms with Crippen LogP contribution in [0.2, 0.25) is 0 Å². The Balaban J connectivity index is 1.43. The highest BCUT2D eigenvalue weighted by Crippen LogP contribution is 2.47. The first kappa shape index (κ1) is 20.3. The SMILES string of the molecule is CC(C)c1sc([C@H]2CC[C@@H]3[C@@H](COc4ccccc4)[C@H](O)C[C@@H]3O2)nc1C(=O)O. The van der Waals surface area contributed by atoms with Gasteiger partial charge in [-0.05, 0) is 36.8 Å². The Labute approximate surface area is 174 Å². The van der Waals surface area contributed by atoms with E-state index >= 15 is 0 Å². The number of nitrogens with zero attached hydrogens (tertiary/aromatic N) is 1. The van der Waals surface area contributed by atoms with Gasteiger partial charge < -0.3 is 19.7 Å². The van der Waals surface area contributed by atoms with Crippen LogP contribution >= 0.6 is 11.3 Å². The molecule has 1 saturated heterocycles. The average molecular weight is 418 g/mol. The maximum absolute atomic E-state index is 11.5. The Bertz CT molecular complexity index is 852. The Morgan fingerprint density at radius 2 is 2.07 bits per heavy atom. The van der Waals surface area contributed by atoms with E-state index < -0.39 is 12.1 Å². The summed E-state index contributed by atoms with van der Waals surface area (Å²) in [6, 6.07) is 9.65. The van der Waals surface area contributed by atoms with Crippen LogP contribution in [0.25, 0.3) is 0 Å². The Hall–Kier alpha value is -1.96. The molecule has 0 radical (unpaired) electrons. The number of aromatic nitrogens is 1. The highest BCUT2D eigenvalue weighted by molar-refractivity contribution is 7.12. The second-order valence-corrected chi connectivity index (χ2v) is 9.28. The molecule has 1 aliphatic carbocycles. The highest BCUT2D eigenvalue weighted by atomic mass is 32.1. The van der Waals surface area contributed by atoms with Gasteiger partial charge in [-0.2, -0.15) is 0 Å². The fraction of sp³-hybridized carbons (Fsp3) is 0.545. The number of thiazole rings is 1. The molecule has 156 valence electrons. The van der Waals surface area contributed by atoms with E-state index in [0.717, 1.165) is 28.5 Å². The van der Waals surface area contributed by atoms with Crippen molar-refractivity contribution in [1.82, 2.24) is 4.98 Å². The molecular formula is C22H27NO5S. The Morgan fingerprint density at radius 3 is 2.72 bits per heavy atom. The van der Waals surface area contributed by atoms with Crippen LogP contribution in [0.3, 0.4) is 0 Å². The standard InChI is InChI=1S/C22H27NO5S/c1-12(2)20-19(22(25)26)23-21(29-20)17-9-8-14-15(16(24)10-18(14)28-17)11-27-13-6-4-3-5-7-13/h3-7,12,14-18,24H,8-11H2,1-2H3,(H,25,26)/t14-,15-,16-,17-,18+/m1/s1. The number of hydrogen-bond acceptors (Lipinski definition) is 6. The number of aliphatic hydroxyl groups excluding tert-OH is 1. The van der Waals surface area contributed by atoms with Crippen LogP contribution in [-0.2, 0) is 4.74 Å². The molecule has 4 rings (SSSR count). The number of aromatic carboxylic acids is 1. The summed E-state index contributed by atoms with van der Waals surface area (Å²) in [4.78, 5) is 16.7. The molecule has 0 unspecified atom stereocenters. The molecule has 2 aromatic rings. The number of para-hydroxylation sites is 1. The van der Waals surface area contributed by atoms with Crippen molar-refractivity contribution in [3.63, 3.8) is 0 Å². The molecule has 0 bridgehead atoms. The number of hydrogen-bond donors (Lipinski definition) is 2. The number of fused-ring (bicyclic) bond motifs is 1.